The maximum absolute atomic E-state index is 15.1. The van der Waals surface area contributed by atoms with Crippen molar-refractivity contribution in [2.24, 2.45) is 0 Å². The van der Waals surface area contributed by atoms with Crippen molar-refractivity contribution in [1.82, 2.24) is 19.9 Å². The van der Waals surface area contributed by atoms with Crippen molar-refractivity contribution in [2.75, 3.05) is 23.7 Å². The van der Waals surface area contributed by atoms with Gasteiger partial charge in [-0.2, -0.15) is 4.98 Å². The number of piperidine rings is 1. The molecule has 3 aromatic carbocycles. The molecule has 0 radical (unpaired) electrons. The minimum atomic E-state index is -0.926. The molecule has 3 N–H and O–H groups in total. The molecule has 1 fully saturated rings. The predicted molar refractivity (Wildman–Crippen MR) is 169 cm³/mol. The lowest BCUT2D eigenvalue weighted by Crippen LogP contribution is -2.35. The van der Waals surface area contributed by atoms with Crippen LogP contribution in [-0.2, 0) is 0 Å². The zero-order valence-corrected chi connectivity index (χ0v) is 24.3. The van der Waals surface area contributed by atoms with Gasteiger partial charge in [0.1, 0.15) is 23.1 Å². The maximum Gasteiger partial charge on any atom is 0.256 e. The van der Waals surface area contributed by atoms with Crippen molar-refractivity contribution in [3.8, 4) is 16.9 Å². The van der Waals surface area contributed by atoms with Crippen LogP contribution in [0.5, 0.6) is 0 Å². The fraction of sp³-hybridized carbons (Fsp3) is 0.176. The van der Waals surface area contributed by atoms with Gasteiger partial charge in [-0.15, -0.1) is 0 Å². The van der Waals surface area contributed by atoms with Gasteiger partial charge >= 0.3 is 0 Å². The molecule has 0 bridgehead atoms. The molecule has 45 heavy (non-hydrogen) atoms. The summed E-state index contributed by atoms with van der Waals surface area (Å²) in [7, 11) is 0. The molecule has 8 nitrogen and oxygen atoms in total. The van der Waals surface area contributed by atoms with Crippen LogP contribution < -0.4 is 21.5 Å². The molecule has 0 spiro atoms. The number of hydrogen-bond donors (Lipinski definition) is 3. The molecule has 0 atom stereocenters. The molecule has 5 aromatic rings. The van der Waals surface area contributed by atoms with Gasteiger partial charge in [-0.05, 0) is 92.5 Å². The third-order valence-electron chi connectivity index (χ3n) is 7.79. The summed E-state index contributed by atoms with van der Waals surface area (Å²) in [5, 5.41) is 9.81. The van der Waals surface area contributed by atoms with Gasteiger partial charge in [0.25, 0.3) is 11.5 Å². The largest absolute Gasteiger partial charge is 0.351 e. The predicted octanol–water partition coefficient (Wildman–Crippen LogP) is 6.23. The third-order valence-corrected chi connectivity index (χ3v) is 7.79. The zero-order valence-electron chi connectivity index (χ0n) is 24.3. The van der Waals surface area contributed by atoms with Gasteiger partial charge in [-0.3, -0.25) is 14.2 Å². The number of pyridine rings is 1. The van der Waals surface area contributed by atoms with E-state index in [9.17, 15) is 14.0 Å². The maximum atomic E-state index is 15.1. The van der Waals surface area contributed by atoms with Crippen LogP contribution in [0.1, 0.15) is 34.3 Å². The average molecular weight is 611 g/mol. The Labute approximate surface area is 256 Å². The zero-order chi connectivity index (χ0) is 31.7. The van der Waals surface area contributed by atoms with Crippen molar-refractivity contribution < 1.29 is 18.0 Å². The van der Waals surface area contributed by atoms with Gasteiger partial charge in [-0.1, -0.05) is 24.8 Å². The normalized spacial score (nSPS) is 13.5. The molecule has 1 saturated heterocycles. The van der Waals surface area contributed by atoms with Crippen LogP contribution in [0.4, 0.5) is 24.8 Å². The van der Waals surface area contributed by atoms with Crippen LogP contribution in [-0.4, -0.2) is 39.6 Å². The van der Waals surface area contributed by atoms with Crippen LogP contribution >= 0.6 is 0 Å². The first-order chi connectivity index (χ1) is 21.7. The Morgan fingerprint density at radius 3 is 2.44 bits per heavy atom. The molecule has 0 unspecified atom stereocenters. The quantitative estimate of drug-likeness (QED) is 0.202. The number of fused-ring (bicyclic) bond motifs is 1. The monoisotopic (exact) mass is 610 g/mol. The molecule has 6 rings (SSSR count). The summed E-state index contributed by atoms with van der Waals surface area (Å²) < 4.78 is 44.9. The molecule has 228 valence electrons. The van der Waals surface area contributed by atoms with E-state index in [4.69, 9.17) is 4.98 Å². The van der Waals surface area contributed by atoms with Crippen molar-refractivity contribution in [3.05, 3.63) is 118 Å². The Kier molecular flexibility index (Phi) is 8.18. The SMILES string of the molecule is C=Cc1ccc(NC(=O)c2ccc(F)c(C)c2)cc1-c1nc(NC2CCNCC2)nc2c1ccc(=O)n2-c1c(F)cccc1F. The number of halogens is 3. The Bertz CT molecular complexity index is 2000. The number of hydrogen-bond acceptors (Lipinski definition) is 6. The van der Waals surface area contributed by atoms with E-state index < -0.39 is 34.6 Å². The van der Waals surface area contributed by atoms with Gasteiger partial charge in [0, 0.05) is 34.3 Å². The molecule has 0 aliphatic carbocycles. The summed E-state index contributed by atoms with van der Waals surface area (Å²) in [6, 6.07) is 15.3. The first-order valence-corrected chi connectivity index (χ1v) is 14.4. The van der Waals surface area contributed by atoms with Crippen molar-refractivity contribution in [1.29, 1.82) is 0 Å². The lowest BCUT2D eigenvalue weighted by molar-refractivity contribution is 0.102. The van der Waals surface area contributed by atoms with Gasteiger partial charge in [0.05, 0.1) is 5.69 Å². The minimum Gasteiger partial charge on any atom is -0.351 e. The number of rotatable bonds is 7. The second-order valence-corrected chi connectivity index (χ2v) is 10.8. The van der Waals surface area contributed by atoms with Crippen LogP contribution in [0.2, 0.25) is 0 Å². The number of amides is 1. The van der Waals surface area contributed by atoms with E-state index in [1.807, 2.05) is 0 Å². The lowest BCUT2D eigenvalue weighted by Gasteiger charge is -2.24. The molecule has 0 saturated carbocycles. The number of carbonyl (C=O) groups excluding carboxylic acids is 1. The number of aryl methyl sites for hydroxylation is 1. The molecule has 2 aromatic heterocycles. The molecule has 1 aliphatic rings. The Hall–Kier alpha value is -5.29. The van der Waals surface area contributed by atoms with E-state index in [-0.39, 0.29) is 23.2 Å². The second-order valence-electron chi connectivity index (χ2n) is 10.8. The van der Waals surface area contributed by atoms with Crippen LogP contribution in [0, 0.1) is 24.4 Å². The molecule has 1 amide bonds. The Morgan fingerprint density at radius 1 is 0.978 bits per heavy atom. The highest BCUT2D eigenvalue weighted by atomic mass is 19.1. The summed E-state index contributed by atoms with van der Waals surface area (Å²) in [6.45, 7) is 7.09. The highest BCUT2D eigenvalue weighted by molar-refractivity contribution is 6.05. The van der Waals surface area contributed by atoms with E-state index in [1.54, 1.807) is 31.2 Å². The molecule has 1 aliphatic heterocycles. The van der Waals surface area contributed by atoms with Crippen LogP contribution in [0.3, 0.4) is 0 Å². The van der Waals surface area contributed by atoms with Gasteiger partial charge < -0.3 is 16.0 Å². The summed E-state index contributed by atoms with van der Waals surface area (Å²) >= 11 is 0. The third kappa shape index (κ3) is 5.94. The minimum absolute atomic E-state index is 0.000766. The van der Waals surface area contributed by atoms with Crippen molar-refractivity contribution in [2.45, 2.75) is 25.8 Å². The van der Waals surface area contributed by atoms with Gasteiger partial charge in [-0.25, -0.2) is 18.2 Å². The topological polar surface area (TPSA) is 101 Å². The molecule has 3 heterocycles. The van der Waals surface area contributed by atoms with E-state index in [2.05, 4.69) is 27.5 Å². The summed E-state index contributed by atoms with van der Waals surface area (Å²) in [5.74, 6) is -2.54. The number of benzene rings is 3. The Balaban J connectivity index is 1.54. The van der Waals surface area contributed by atoms with Crippen molar-refractivity contribution in [3.63, 3.8) is 0 Å². The fourth-order valence-corrected chi connectivity index (χ4v) is 5.46. The first-order valence-electron chi connectivity index (χ1n) is 14.4. The van der Waals surface area contributed by atoms with E-state index in [1.165, 1.54) is 36.4 Å². The molecular formula is C34H29F3N6O2. The first kappa shape index (κ1) is 29.8. The number of nitrogens with one attached hydrogen (secondary N) is 3. The number of nitrogens with zero attached hydrogens (tertiary/aromatic N) is 3. The van der Waals surface area contributed by atoms with Gasteiger partial charge in [0.2, 0.25) is 5.95 Å². The Morgan fingerprint density at radius 2 is 1.73 bits per heavy atom. The van der Waals surface area contributed by atoms with Crippen molar-refractivity contribution >= 4 is 34.7 Å². The van der Waals surface area contributed by atoms with Crippen LogP contribution in [0.25, 0.3) is 34.1 Å². The standard InChI is InChI=1S/C34H29F3N6O2/c1-3-20-7-9-23(39-33(45)21-8-11-26(35)19(2)17-21)18-25(20)30-24-10-12-29(44)43(31-27(36)5-4-6-28(31)37)32(24)42-34(41-30)40-22-13-15-38-16-14-22/h3-12,17-18,22,38H,1,13-16H2,2H3,(H,39,45)(H,40,41,42). The number of anilines is 2. The molecule has 11 heteroatoms. The summed E-state index contributed by atoms with van der Waals surface area (Å²) in [5.41, 5.74) is 1.32. The summed E-state index contributed by atoms with van der Waals surface area (Å²) in [6.07, 6.45) is 3.20. The highest BCUT2D eigenvalue weighted by Crippen LogP contribution is 2.34. The summed E-state index contributed by atoms with van der Waals surface area (Å²) in [4.78, 5) is 35.7. The highest BCUT2D eigenvalue weighted by Gasteiger charge is 2.22. The van der Waals surface area contributed by atoms with E-state index in [0.717, 1.165) is 42.6 Å². The number of aromatic nitrogens is 3. The number of carbonyl (C=O) groups is 1. The van der Waals surface area contributed by atoms with E-state index >= 15 is 8.78 Å². The van der Waals surface area contributed by atoms with Gasteiger partial charge in [0.15, 0.2) is 5.65 Å². The fourth-order valence-electron chi connectivity index (χ4n) is 5.46. The second kappa shape index (κ2) is 12.4. The number of para-hydroxylation sites is 1. The molecular weight excluding hydrogens is 581 g/mol. The average Bonchev–Trinajstić information content (AvgIpc) is 3.03. The lowest BCUT2D eigenvalue weighted by atomic mass is 10.0. The smallest absolute Gasteiger partial charge is 0.256 e. The van der Waals surface area contributed by atoms with Crippen LogP contribution in [0.15, 0.2) is 78.1 Å². The van der Waals surface area contributed by atoms with E-state index in [0.29, 0.717) is 33.5 Å².